The number of nitrogens with one attached hydrogen (secondary N) is 1. The molecule has 124 valence electrons. The highest BCUT2D eigenvalue weighted by Gasteiger charge is 2.27. The maximum Gasteiger partial charge on any atom is 0.407 e. The molecule has 5 N–H and O–H groups in total. The van der Waals surface area contributed by atoms with Crippen LogP contribution in [0.2, 0.25) is 0 Å². The Hall–Kier alpha value is -2.88. The average molecular weight is 323 g/mol. The van der Waals surface area contributed by atoms with Crippen LogP contribution in [0.3, 0.4) is 0 Å². The van der Waals surface area contributed by atoms with Crippen LogP contribution in [0, 0.1) is 0 Å². The van der Waals surface area contributed by atoms with Gasteiger partial charge in [0, 0.05) is 24.8 Å². The third-order valence-electron chi connectivity index (χ3n) is 3.37. The number of ether oxygens (including phenoxy) is 1. The summed E-state index contributed by atoms with van der Waals surface area (Å²) in [7, 11) is 0. The van der Waals surface area contributed by atoms with Crippen LogP contribution in [0.1, 0.15) is 16.1 Å². The third kappa shape index (κ3) is 4.07. The molecular weight excluding hydrogens is 306 g/mol. The second-order valence-corrected chi connectivity index (χ2v) is 4.83. The zero-order valence-corrected chi connectivity index (χ0v) is 12.2. The lowest BCUT2D eigenvalue weighted by Gasteiger charge is -2.33. The quantitative estimate of drug-likeness (QED) is 0.247. The largest absolute Gasteiger partial charge is 0.465 e. The zero-order chi connectivity index (χ0) is 16.8. The molecule has 1 aliphatic heterocycles. The first-order valence-corrected chi connectivity index (χ1v) is 6.82. The van der Waals surface area contributed by atoms with Crippen LogP contribution in [0.15, 0.2) is 23.5 Å². The smallest absolute Gasteiger partial charge is 0.407 e. The first kappa shape index (κ1) is 16.5. The molecule has 1 aliphatic rings. The van der Waals surface area contributed by atoms with Crippen LogP contribution in [0.5, 0.6) is 0 Å². The standard InChI is InChI=1S/C13H17N5O5/c14-11(17-22)8-1-2-10(15-5-8)12(19)16-6-9-7-23-4-3-18(9)13(20)21/h1-2,5,9,22H,3-4,6-7H2,(H2,14,17)(H,16,19)(H,20,21)/t9-/m0/s1. The molecule has 10 heteroatoms. The first-order chi connectivity index (χ1) is 11.0. The lowest BCUT2D eigenvalue weighted by atomic mass is 10.2. The van der Waals surface area contributed by atoms with E-state index in [2.05, 4.69) is 15.5 Å². The van der Waals surface area contributed by atoms with Gasteiger partial charge in [-0.05, 0) is 12.1 Å². The number of rotatable bonds is 4. The molecule has 1 fully saturated rings. The highest BCUT2D eigenvalue weighted by molar-refractivity contribution is 5.98. The zero-order valence-electron chi connectivity index (χ0n) is 12.2. The van der Waals surface area contributed by atoms with Crippen LogP contribution in [0.25, 0.3) is 0 Å². The topological polar surface area (TPSA) is 150 Å². The summed E-state index contributed by atoms with van der Waals surface area (Å²) in [5, 5.41) is 23.1. The van der Waals surface area contributed by atoms with Gasteiger partial charge < -0.3 is 26.1 Å². The van der Waals surface area contributed by atoms with Crippen molar-refractivity contribution in [3.63, 3.8) is 0 Å². The van der Waals surface area contributed by atoms with Gasteiger partial charge in [-0.15, -0.1) is 0 Å². The monoisotopic (exact) mass is 323 g/mol. The lowest BCUT2D eigenvalue weighted by molar-refractivity contribution is 0.000646. The SMILES string of the molecule is N/C(=N/O)c1ccc(C(=O)NC[C@H]2COCCN2C(=O)O)nc1. The number of nitrogens with two attached hydrogens (primary N) is 1. The number of carboxylic acid groups (broad SMARTS) is 1. The van der Waals surface area contributed by atoms with Gasteiger partial charge in [0.1, 0.15) is 5.69 Å². The normalized spacial score (nSPS) is 18.5. The van der Waals surface area contributed by atoms with E-state index in [-0.39, 0.29) is 31.2 Å². The van der Waals surface area contributed by atoms with E-state index in [1.807, 2.05) is 0 Å². The molecular formula is C13H17N5O5. The predicted octanol–water partition coefficient (Wildman–Crippen LogP) is -0.715. The number of carbonyl (C=O) groups excluding carboxylic acids is 1. The Morgan fingerprint density at radius 3 is 2.91 bits per heavy atom. The molecule has 10 nitrogen and oxygen atoms in total. The van der Waals surface area contributed by atoms with Crippen molar-refractivity contribution in [2.45, 2.75) is 6.04 Å². The fourth-order valence-corrected chi connectivity index (χ4v) is 2.11. The number of aromatic nitrogens is 1. The van der Waals surface area contributed by atoms with Gasteiger partial charge in [0.25, 0.3) is 5.91 Å². The number of hydrogen-bond donors (Lipinski definition) is 4. The van der Waals surface area contributed by atoms with Gasteiger partial charge >= 0.3 is 6.09 Å². The van der Waals surface area contributed by atoms with Crippen molar-refractivity contribution < 1.29 is 24.6 Å². The molecule has 0 unspecified atom stereocenters. The Labute approximate surface area is 131 Å². The number of amides is 2. The predicted molar refractivity (Wildman–Crippen MR) is 78.4 cm³/mol. The van der Waals surface area contributed by atoms with Crippen LogP contribution < -0.4 is 11.1 Å². The summed E-state index contributed by atoms with van der Waals surface area (Å²) in [6.45, 7) is 0.952. The number of morpholine rings is 1. The molecule has 1 aromatic rings. The van der Waals surface area contributed by atoms with Gasteiger partial charge in [-0.1, -0.05) is 5.16 Å². The number of amidine groups is 1. The van der Waals surface area contributed by atoms with Crippen molar-refractivity contribution in [3.8, 4) is 0 Å². The summed E-state index contributed by atoms with van der Waals surface area (Å²) in [4.78, 5) is 28.3. The van der Waals surface area contributed by atoms with E-state index in [1.54, 1.807) is 0 Å². The third-order valence-corrected chi connectivity index (χ3v) is 3.37. The van der Waals surface area contributed by atoms with E-state index in [1.165, 1.54) is 23.2 Å². The molecule has 0 aromatic carbocycles. The van der Waals surface area contributed by atoms with Gasteiger partial charge in [0.2, 0.25) is 0 Å². The van der Waals surface area contributed by atoms with Crippen molar-refractivity contribution in [3.05, 3.63) is 29.6 Å². The Kier molecular flexibility index (Phi) is 5.31. The summed E-state index contributed by atoms with van der Waals surface area (Å²) in [5.41, 5.74) is 5.92. The van der Waals surface area contributed by atoms with Crippen molar-refractivity contribution in [2.75, 3.05) is 26.3 Å². The maximum absolute atomic E-state index is 12.0. The molecule has 1 saturated heterocycles. The number of hydrogen-bond acceptors (Lipinski definition) is 6. The number of oxime groups is 1. The van der Waals surface area contributed by atoms with E-state index < -0.39 is 18.0 Å². The Morgan fingerprint density at radius 2 is 2.30 bits per heavy atom. The molecule has 0 radical (unpaired) electrons. The maximum atomic E-state index is 12.0. The summed E-state index contributed by atoms with van der Waals surface area (Å²) in [6, 6.07) is 2.47. The molecule has 0 bridgehead atoms. The van der Waals surface area contributed by atoms with Crippen LogP contribution in [-0.2, 0) is 4.74 Å². The molecule has 2 amide bonds. The highest BCUT2D eigenvalue weighted by Crippen LogP contribution is 2.07. The molecule has 1 aromatic heterocycles. The Bertz CT molecular complexity index is 603. The van der Waals surface area contributed by atoms with E-state index >= 15 is 0 Å². The summed E-state index contributed by atoms with van der Waals surface area (Å²) >= 11 is 0. The number of carbonyl (C=O) groups is 2. The van der Waals surface area contributed by atoms with Crippen molar-refractivity contribution in [1.82, 2.24) is 15.2 Å². The van der Waals surface area contributed by atoms with Crippen LogP contribution in [0.4, 0.5) is 4.79 Å². The minimum absolute atomic E-state index is 0.110. The highest BCUT2D eigenvalue weighted by atomic mass is 16.5. The second-order valence-electron chi connectivity index (χ2n) is 4.83. The number of nitrogens with zero attached hydrogens (tertiary/aromatic N) is 3. The average Bonchev–Trinajstić information content (AvgIpc) is 2.59. The van der Waals surface area contributed by atoms with E-state index in [0.29, 0.717) is 12.2 Å². The van der Waals surface area contributed by atoms with Crippen LogP contribution >= 0.6 is 0 Å². The minimum Gasteiger partial charge on any atom is -0.465 e. The molecule has 0 spiro atoms. The van der Waals surface area contributed by atoms with Gasteiger partial charge in [-0.2, -0.15) is 0 Å². The van der Waals surface area contributed by atoms with Crippen molar-refractivity contribution in [2.24, 2.45) is 10.9 Å². The molecule has 0 saturated carbocycles. The molecule has 1 atom stereocenters. The summed E-state index contributed by atoms with van der Waals surface area (Å²) < 4.78 is 5.23. The van der Waals surface area contributed by atoms with Gasteiger partial charge in [-0.25, -0.2) is 4.79 Å². The molecule has 0 aliphatic carbocycles. The fourth-order valence-electron chi connectivity index (χ4n) is 2.11. The minimum atomic E-state index is -1.05. The van der Waals surface area contributed by atoms with Crippen LogP contribution in [-0.4, -0.2) is 70.4 Å². The van der Waals surface area contributed by atoms with E-state index in [0.717, 1.165) is 0 Å². The molecule has 2 rings (SSSR count). The fraction of sp³-hybridized carbons (Fsp3) is 0.385. The van der Waals surface area contributed by atoms with Gasteiger partial charge in [-0.3, -0.25) is 14.7 Å². The Morgan fingerprint density at radius 1 is 1.52 bits per heavy atom. The second kappa shape index (κ2) is 7.40. The van der Waals surface area contributed by atoms with E-state index in [4.69, 9.17) is 20.8 Å². The van der Waals surface area contributed by atoms with Gasteiger partial charge in [0.05, 0.1) is 19.3 Å². The summed E-state index contributed by atoms with van der Waals surface area (Å²) in [6.07, 6.45) is 0.255. The van der Waals surface area contributed by atoms with Crippen molar-refractivity contribution >= 4 is 17.8 Å². The number of pyridine rings is 1. The van der Waals surface area contributed by atoms with Crippen molar-refractivity contribution in [1.29, 1.82) is 0 Å². The Balaban J connectivity index is 1.95. The van der Waals surface area contributed by atoms with Gasteiger partial charge in [0.15, 0.2) is 5.84 Å². The molecule has 2 heterocycles. The lowest BCUT2D eigenvalue weighted by Crippen LogP contribution is -2.53. The molecule has 23 heavy (non-hydrogen) atoms. The van der Waals surface area contributed by atoms with E-state index in [9.17, 15) is 9.59 Å². The first-order valence-electron chi connectivity index (χ1n) is 6.82. The summed E-state index contributed by atoms with van der Waals surface area (Å²) in [5.74, 6) is -0.562.